The Kier molecular flexibility index (Phi) is 8.14. The summed E-state index contributed by atoms with van der Waals surface area (Å²) in [4.78, 5) is 17.2. The van der Waals surface area contributed by atoms with E-state index in [1.54, 1.807) is 22.3 Å². The van der Waals surface area contributed by atoms with Gasteiger partial charge in [-0.15, -0.1) is 0 Å². The van der Waals surface area contributed by atoms with Crippen molar-refractivity contribution in [3.8, 4) is 33.6 Å². The molecular formula is C40H52N6. The van der Waals surface area contributed by atoms with E-state index < -0.39 is 0 Å². The zero-order chi connectivity index (χ0) is 31.4. The molecule has 4 aromatic rings. The van der Waals surface area contributed by atoms with E-state index in [1.807, 2.05) is 27.7 Å². The summed E-state index contributed by atoms with van der Waals surface area (Å²) in [7, 11) is 0. The minimum absolute atomic E-state index is 0.374. The number of rotatable bonds is 5. The van der Waals surface area contributed by atoms with E-state index in [1.165, 1.54) is 97.8 Å². The number of aromatic amines is 2. The molecule has 10 rings (SSSR count). The fourth-order valence-corrected chi connectivity index (χ4v) is 10.1. The molecule has 0 amide bonds. The molecule has 2 saturated heterocycles. The Morgan fingerprint density at radius 2 is 0.870 bits per heavy atom. The molecule has 2 aromatic carbocycles. The normalized spacial score (nSPS) is 28.1. The lowest BCUT2D eigenvalue weighted by molar-refractivity contribution is 0.613. The van der Waals surface area contributed by atoms with Gasteiger partial charge in [-0.25, -0.2) is 9.97 Å². The third-order valence-electron chi connectivity index (χ3n) is 11.9. The number of nitrogens with zero attached hydrogens (tertiary/aromatic N) is 2. The second kappa shape index (κ2) is 12.4. The average molecular weight is 617 g/mol. The molecule has 2 aromatic heterocycles. The first kappa shape index (κ1) is 30.1. The molecular weight excluding hydrogens is 564 g/mol. The molecule has 6 aliphatic rings. The summed E-state index contributed by atoms with van der Waals surface area (Å²) in [5.41, 5.74) is 14.8. The van der Waals surface area contributed by atoms with Crippen LogP contribution in [0, 0.1) is 0 Å². The van der Waals surface area contributed by atoms with Gasteiger partial charge in [0.2, 0.25) is 0 Å². The van der Waals surface area contributed by atoms with Crippen LogP contribution in [0.3, 0.4) is 0 Å². The van der Waals surface area contributed by atoms with Crippen molar-refractivity contribution in [2.24, 2.45) is 0 Å². The van der Waals surface area contributed by atoms with Gasteiger partial charge in [0.25, 0.3) is 0 Å². The summed E-state index contributed by atoms with van der Waals surface area (Å²) >= 11 is 0. The standard InChI is InChI=1S/C36H40N6.2C2H6/c1-3-27(37-13-1)35-39-17-29(41-35)25-11-9-23(31-19-5-7-21(15-19)33(25)31)24-10-12-26(34-22-8-6-20(16-22)32(24)34)30-18-40-36(42-30)28-4-2-14-38-28;2*1-2/h9-12,17-22,27-28,37-38H,1-8,13-16H2,(H,39,41)(H,40,42);2*1-2H3. The SMILES string of the molecule is CC.CC.c1nc(C2CCCN2)[nH]c1-c1ccc(-c2ccc(-c3cnc(C4CCCN4)[nH]3)c3c2C2CCC3C2)c2c1C1CCC2C1. The second-order valence-electron chi connectivity index (χ2n) is 14.1. The van der Waals surface area contributed by atoms with Crippen LogP contribution in [0.15, 0.2) is 36.7 Å². The fourth-order valence-electron chi connectivity index (χ4n) is 10.1. The van der Waals surface area contributed by atoms with Crippen molar-refractivity contribution in [1.29, 1.82) is 0 Å². The highest BCUT2D eigenvalue weighted by molar-refractivity contribution is 5.85. The lowest BCUT2D eigenvalue weighted by Crippen LogP contribution is -2.14. The Morgan fingerprint density at radius 1 is 0.500 bits per heavy atom. The van der Waals surface area contributed by atoms with E-state index >= 15 is 0 Å². The zero-order valence-electron chi connectivity index (χ0n) is 28.3. The van der Waals surface area contributed by atoms with Crippen molar-refractivity contribution in [2.75, 3.05) is 13.1 Å². The fraction of sp³-hybridized carbons (Fsp3) is 0.550. The third-order valence-corrected chi connectivity index (χ3v) is 11.9. The van der Waals surface area contributed by atoms with Crippen molar-refractivity contribution in [3.63, 3.8) is 0 Å². The number of aromatic nitrogens is 4. The van der Waals surface area contributed by atoms with Gasteiger partial charge >= 0.3 is 0 Å². The Hall–Kier alpha value is -3.22. The largest absolute Gasteiger partial charge is 0.341 e. The molecule has 4 fully saturated rings. The van der Waals surface area contributed by atoms with Crippen molar-refractivity contribution in [1.82, 2.24) is 30.6 Å². The van der Waals surface area contributed by atoms with E-state index in [4.69, 9.17) is 9.97 Å². The topological polar surface area (TPSA) is 81.4 Å². The van der Waals surface area contributed by atoms with E-state index in [0.717, 1.165) is 24.7 Å². The maximum absolute atomic E-state index is 4.85. The number of hydrogen-bond acceptors (Lipinski definition) is 4. The Balaban J connectivity index is 0.000000754. The number of benzene rings is 2. The van der Waals surface area contributed by atoms with Gasteiger partial charge in [-0.1, -0.05) is 52.0 Å². The van der Waals surface area contributed by atoms with E-state index in [2.05, 4.69) is 57.3 Å². The quantitative estimate of drug-likeness (QED) is 0.180. The summed E-state index contributed by atoms with van der Waals surface area (Å²) in [6, 6.07) is 10.6. The molecule has 6 heteroatoms. The zero-order valence-corrected chi connectivity index (χ0v) is 28.3. The van der Waals surface area contributed by atoms with Gasteiger partial charge in [-0.2, -0.15) is 0 Å². The van der Waals surface area contributed by atoms with Crippen molar-refractivity contribution < 1.29 is 0 Å². The van der Waals surface area contributed by atoms with Crippen LogP contribution in [0.4, 0.5) is 0 Å². The molecule has 2 aliphatic heterocycles. The Morgan fingerprint density at radius 3 is 1.24 bits per heavy atom. The number of H-pyrrole nitrogens is 2. The maximum Gasteiger partial charge on any atom is 0.123 e. The summed E-state index contributed by atoms with van der Waals surface area (Å²) in [6.45, 7) is 10.2. The lowest BCUT2D eigenvalue weighted by atomic mass is 9.78. The molecule has 4 bridgehead atoms. The highest BCUT2D eigenvalue weighted by Crippen LogP contribution is 2.62. The van der Waals surface area contributed by atoms with Crippen molar-refractivity contribution >= 4 is 0 Å². The number of fused-ring (bicyclic) bond motifs is 10. The van der Waals surface area contributed by atoms with Gasteiger partial charge in [-0.05, 0) is 134 Å². The van der Waals surface area contributed by atoms with E-state index in [-0.39, 0.29) is 0 Å². The Bertz CT molecular complexity index is 1570. The van der Waals surface area contributed by atoms with E-state index in [9.17, 15) is 0 Å². The van der Waals surface area contributed by atoms with Gasteiger partial charge in [-0.3, -0.25) is 0 Å². The maximum atomic E-state index is 4.85. The molecule has 242 valence electrons. The molecule has 4 N–H and O–H groups in total. The summed E-state index contributed by atoms with van der Waals surface area (Å²) in [6.07, 6.45) is 17.0. The highest BCUT2D eigenvalue weighted by Gasteiger charge is 2.44. The predicted molar refractivity (Wildman–Crippen MR) is 188 cm³/mol. The first-order valence-corrected chi connectivity index (χ1v) is 18.7. The van der Waals surface area contributed by atoms with Gasteiger partial charge < -0.3 is 20.6 Å². The van der Waals surface area contributed by atoms with Crippen molar-refractivity contribution in [2.45, 2.75) is 128 Å². The molecule has 6 unspecified atom stereocenters. The van der Waals surface area contributed by atoms with Crippen LogP contribution >= 0.6 is 0 Å². The molecule has 46 heavy (non-hydrogen) atoms. The molecule has 6 nitrogen and oxygen atoms in total. The van der Waals surface area contributed by atoms with Gasteiger partial charge in [0.05, 0.1) is 35.9 Å². The van der Waals surface area contributed by atoms with Crippen LogP contribution in [-0.4, -0.2) is 33.0 Å². The van der Waals surface area contributed by atoms with Crippen LogP contribution in [0.2, 0.25) is 0 Å². The smallest absolute Gasteiger partial charge is 0.123 e. The van der Waals surface area contributed by atoms with Crippen LogP contribution in [0.5, 0.6) is 0 Å². The summed E-state index contributed by atoms with van der Waals surface area (Å²) < 4.78 is 0. The second-order valence-corrected chi connectivity index (χ2v) is 14.1. The molecule has 4 heterocycles. The monoisotopic (exact) mass is 616 g/mol. The lowest BCUT2D eigenvalue weighted by Gasteiger charge is -2.26. The average Bonchev–Trinajstić information content (AvgIpc) is 3.96. The summed E-state index contributed by atoms with van der Waals surface area (Å²) in [5.74, 6) is 4.99. The van der Waals surface area contributed by atoms with Gasteiger partial charge in [0.1, 0.15) is 11.6 Å². The number of nitrogens with one attached hydrogen (secondary N) is 4. The first-order valence-electron chi connectivity index (χ1n) is 18.7. The van der Waals surface area contributed by atoms with Crippen LogP contribution in [-0.2, 0) is 0 Å². The van der Waals surface area contributed by atoms with E-state index in [0.29, 0.717) is 35.8 Å². The number of imidazole rings is 2. The first-order chi connectivity index (χ1) is 22.8. The predicted octanol–water partition coefficient (Wildman–Crippen LogP) is 9.76. The third kappa shape index (κ3) is 4.73. The molecule has 0 spiro atoms. The minimum atomic E-state index is 0.374. The minimum Gasteiger partial charge on any atom is -0.341 e. The molecule has 0 radical (unpaired) electrons. The van der Waals surface area contributed by atoms with Crippen LogP contribution in [0.25, 0.3) is 33.6 Å². The molecule has 2 saturated carbocycles. The molecule has 4 aliphatic carbocycles. The molecule has 6 atom stereocenters. The van der Waals surface area contributed by atoms with Gasteiger partial charge in [0, 0.05) is 11.1 Å². The van der Waals surface area contributed by atoms with Crippen LogP contribution in [0.1, 0.15) is 162 Å². The highest BCUT2D eigenvalue weighted by atomic mass is 15.0. The van der Waals surface area contributed by atoms with Crippen molar-refractivity contribution in [3.05, 3.63) is 70.6 Å². The number of hydrogen-bond donors (Lipinski definition) is 4. The summed E-state index contributed by atoms with van der Waals surface area (Å²) in [5, 5.41) is 7.23. The van der Waals surface area contributed by atoms with Crippen LogP contribution < -0.4 is 10.6 Å². The van der Waals surface area contributed by atoms with Gasteiger partial charge in [0.15, 0.2) is 0 Å². The Labute approximate surface area is 275 Å².